The summed E-state index contributed by atoms with van der Waals surface area (Å²) < 4.78 is 0. The van der Waals surface area contributed by atoms with Crippen molar-refractivity contribution >= 4 is 0 Å². The molecular formula is C8H20N4. The van der Waals surface area contributed by atoms with Gasteiger partial charge in [-0.3, -0.25) is 0 Å². The second kappa shape index (κ2) is 4.18. The molecule has 0 aromatic rings. The third-order valence-corrected chi connectivity index (χ3v) is 2.42. The molecular weight excluding hydrogens is 152 g/mol. The molecule has 4 nitrogen and oxygen atoms in total. The topological polar surface area (TPSA) is 104 Å². The number of hydrogen-bond donors (Lipinski definition) is 4. The Bertz CT molecular complexity index is 99.0. The largest absolute Gasteiger partial charge is 0.328 e. The monoisotopic (exact) mass is 172 g/mol. The van der Waals surface area contributed by atoms with Crippen molar-refractivity contribution in [3.8, 4) is 0 Å². The molecule has 0 aliphatic heterocycles. The molecule has 8 N–H and O–H groups in total. The van der Waals surface area contributed by atoms with Gasteiger partial charge in [0.05, 0.1) is 0 Å². The smallest absolute Gasteiger partial charge is 0.00683 e. The standard InChI is InChI=1S/C8H20N4/c9-5-1-6(10)3-8(12)4-7(11)2-5/h5-8H,1-4,9-12H2. The maximum Gasteiger partial charge on any atom is 0.00683 e. The lowest BCUT2D eigenvalue weighted by Gasteiger charge is -2.28. The molecule has 0 heterocycles. The van der Waals surface area contributed by atoms with Crippen LogP contribution in [0.5, 0.6) is 0 Å². The molecule has 1 rings (SSSR count). The lowest BCUT2D eigenvalue weighted by atomic mass is 9.89. The minimum Gasteiger partial charge on any atom is -0.328 e. The van der Waals surface area contributed by atoms with Gasteiger partial charge >= 0.3 is 0 Å². The third kappa shape index (κ3) is 3.06. The SMILES string of the molecule is NC1CC(N)CC(N)CC(N)C1. The van der Waals surface area contributed by atoms with Crippen LogP contribution < -0.4 is 22.9 Å². The fourth-order valence-corrected chi connectivity index (χ4v) is 1.94. The predicted octanol–water partition coefficient (Wildman–Crippen LogP) is -1.13. The summed E-state index contributed by atoms with van der Waals surface area (Å²) in [6, 6.07) is 0.620. The molecule has 1 saturated carbocycles. The summed E-state index contributed by atoms with van der Waals surface area (Å²) in [6.45, 7) is 0. The summed E-state index contributed by atoms with van der Waals surface area (Å²) in [7, 11) is 0. The maximum absolute atomic E-state index is 5.83. The highest BCUT2D eigenvalue weighted by atomic mass is 14.8. The average molecular weight is 172 g/mol. The van der Waals surface area contributed by atoms with Gasteiger partial charge in [0.25, 0.3) is 0 Å². The first-order valence-corrected chi connectivity index (χ1v) is 4.60. The quantitative estimate of drug-likeness (QED) is 0.371. The van der Waals surface area contributed by atoms with E-state index < -0.39 is 0 Å². The van der Waals surface area contributed by atoms with E-state index in [1.807, 2.05) is 0 Å². The number of nitrogens with two attached hydrogens (primary N) is 4. The van der Waals surface area contributed by atoms with E-state index in [2.05, 4.69) is 0 Å². The van der Waals surface area contributed by atoms with E-state index >= 15 is 0 Å². The Labute approximate surface area is 73.6 Å². The van der Waals surface area contributed by atoms with Gasteiger partial charge in [0, 0.05) is 24.2 Å². The average Bonchev–Trinajstić information content (AvgIpc) is 1.81. The molecule has 1 fully saturated rings. The molecule has 4 heteroatoms. The molecule has 0 amide bonds. The lowest BCUT2D eigenvalue weighted by Crippen LogP contribution is -2.45. The summed E-state index contributed by atoms with van der Waals surface area (Å²) in [5.74, 6) is 0. The number of rotatable bonds is 0. The van der Waals surface area contributed by atoms with Gasteiger partial charge in [0.2, 0.25) is 0 Å². The van der Waals surface area contributed by atoms with Crippen LogP contribution >= 0.6 is 0 Å². The maximum atomic E-state index is 5.83. The van der Waals surface area contributed by atoms with Crippen LogP contribution in [0.3, 0.4) is 0 Å². The van der Waals surface area contributed by atoms with E-state index in [0.717, 1.165) is 25.7 Å². The molecule has 72 valence electrons. The van der Waals surface area contributed by atoms with Gasteiger partial charge in [-0.1, -0.05) is 0 Å². The van der Waals surface area contributed by atoms with E-state index in [0.29, 0.717) is 0 Å². The first-order valence-electron chi connectivity index (χ1n) is 4.60. The summed E-state index contributed by atoms with van der Waals surface area (Å²) in [6.07, 6.45) is 3.39. The van der Waals surface area contributed by atoms with Gasteiger partial charge in [-0.15, -0.1) is 0 Å². The van der Waals surface area contributed by atoms with Gasteiger partial charge in [-0.2, -0.15) is 0 Å². The molecule has 0 aromatic heterocycles. The second-order valence-corrected chi connectivity index (χ2v) is 3.98. The highest BCUT2D eigenvalue weighted by Crippen LogP contribution is 2.14. The minimum absolute atomic E-state index is 0.155. The van der Waals surface area contributed by atoms with Gasteiger partial charge in [0.1, 0.15) is 0 Å². The van der Waals surface area contributed by atoms with Crippen LogP contribution in [0.4, 0.5) is 0 Å². The highest BCUT2D eigenvalue weighted by Gasteiger charge is 2.21. The van der Waals surface area contributed by atoms with E-state index in [-0.39, 0.29) is 24.2 Å². The molecule has 0 aromatic carbocycles. The number of hydrogen-bond acceptors (Lipinski definition) is 4. The molecule has 0 atom stereocenters. The molecule has 0 bridgehead atoms. The summed E-state index contributed by atoms with van der Waals surface area (Å²) in [4.78, 5) is 0. The molecule has 0 unspecified atom stereocenters. The molecule has 1 aliphatic carbocycles. The zero-order valence-corrected chi connectivity index (χ0v) is 7.45. The Morgan fingerprint density at radius 2 is 0.667 bits per heavy atom. The van der Waals surface area contributed by atoms with Crippen LogP contribution in [0.25, 0.3) is 0 Å². The van der Waals surface area contributed by atoms with Gasteiger partial charge < -0.3 is 22.9 Å². The Hall–Kier alpha value is -0.160. The Kier molecular flexibility index (Phi) is 3.46. The summed E-state index contributed by atoms with van der Waals surface area (Å²) in [5.41, 5.74) is 23.3. The van der Waals surface area contributed by atoms with Crippen molar-refractivity contribution in [3.05, 3.63) is 0 Å². The molecule has 1 aliphatic rings. The predicted molar refractivity (Wildman–Crippen MR) is 50.4 cm³/mol. The van der Waals surface area contributed by atoms with Crippen LogP contribution in [0.1, 0.15) is 25.7 Å². The normalized spacial score (nSPS) is 45.0. The van der Waals surface area contributed by atoms with Crippen molar-refractivity contribution in [2.75, 3.05) is 0 Å². The van der Waals surface area contributed by atoms with Crippen molar-refractivity contribution in [2.24, 2.45) is 22.9 Å². The van der Waals surface area contributed by atoms with Gasteiger partial charge in [-0.05, 0) is 25.7 Å². The van der Waals surface area contributed by atoms with Crippen molar-refractivity contribution in [2.45, 2.75) is 49.9 Å². The van der Waals surface area contributed by atoms with E-state index in [9.17, 15) is 0 Å². The fourth-order valence-electron chi connectivity index (χ4n) is 1.94. The Morgan fingerprint density at radius 3 is 0.833 bits per heavy atom. The van der Waals surface area contributed by atoms with Crippen molar-refractivity contribution in [1.29, 1.82) is 0 Å². The van der Waals surface area contributed by atoms with Crippen LogP contribution in [0.15, 0.2) is 0 Å². The molecule has 12 heavy (non-hydrogen) atoms. The van der Waals surface area contributed by atoms with Crippen molar-refractivity contribution in [3.63, 3.8) is 0 Å². The van der Waals surface area contributed by atoms with E-state index in [1.54, 1.807) is 0 Å². The third-order valence-electron chi connectivity index (χ3n) is 2.42. The first-order chi connectivity index (χ1) is 5.58. The minimum atomic E-state index is 0.155. The zero-order chi connectivity index (χ0) is 9.14. The molecule has 0 saturated heterocycles. The fraction of sp³-hybridized carbons (Fsp3) is 1.00. The lowest BCUT2D eigenvalue weighted by molar-refractivity contribution is 0.352. The first kappa shape index (κ1) is 9.92. The van der Waals surface area contributed by atoms with Crippen LogP contribution in [0, 0.1) is 0 Å². The highest BCUT2D eigenvalue weighted by molar-refractivity contribution is 4.84. The van der Waals surface area contributed by atoms with E-state index in [1.165, 1.54) is 0 Å². The van der Waals surface area contributed by atoms with Crippen LogP contribution in [0.2, 0.25) is 0 Å². The van der Waals surface area contributed by atoms with Crippen molar-refractivity contribution in [1.82, 2.24) is 0 Å². The second-order valence-electron chi connectivity index (χ2n) is 3.98. The van der Waals surface area contributed by atoms with Crippen LogP contribution in [-0.2, 0) is 0 Å². The van der Waals surface area contributed by atoms with Crippen molar-refractivity contribution < 1.29 is 0 Å². The van der Waals surface area contributed by atoms with Gasteiger partial charge in [0.15, 0.2) is 0 Å². The Morgan fingerprint density at radius 1 is 0.500 bits per heavy atom. The molecule has 0 radical (unpaired) electrons. The summed E-state index contributed by atoms with van der Waals surface area (Å²) in [5, 5.41) is 0. The molecule has 0 spiro atoms. The zero-order valence-electron chi connectivity index (χ0n) is 7.45. The van der Waals surface area contributed by atoms with Crippen LogP contribution in [-0.4, -0.2) is 24.2 Å². The summed E-state index contributed by atoms with van der Waals surface area (Å²) >= 11 is 0. The van der Waals surface area contributed by atoms with Gasteiger partial charge in [-0.25, -0.2) is 0 Å². The van der Waals surface area contributed by atoms with E-state index in [4.69, 9.17) is 22.9 Å². The Balaban J connectivity index is 2.45.